The molecule has 0 aromatic rings. The highest BCUT2D eigenvalue weighted by atomic mass is 32.2. The van der Waals surface area contributed by atoms with Crippen molar-refractivity contribution in [2.24, 2.45) is 0 Å². The lowest BCUT2D eigenvalue weighted by Crippen LogP contribution is -2.40. The second-order valence-corrected chi connectivity index (χ2v) is 4.88. The van der Waals surface area contributed by atoms with Gasteiger partial charge < -0.3 is 14.4 Å². The molecule has 20 heavy (non-hydrogen) atoms. The minimum Gasteiger partial charge on any atom is -0.755 e. The quantitative estimate of drug-likeness (QED) is 0.750. The molecule has 0 aromatic carbocycles. The largest absolute Gasteiger partial charge is 0.755 e. The molecule has 1 N–H and O–H groups in total. The summed E-state index contributed by atoms with van der Waals surface area (Å²) >= 11 is -2.48. The van der Waals surface area contributed by atoms with Crippen LogP contribution in [0.25, 0.3) is 0 Å². The lowest BCUT2D eigenvalue weighted by molar-refractivity contribution is -0.137. The fourth-order valence-corrected chi connectivity index (χ4v) is 2.37. The minimum atomic E-state index is -2.48. The van der Waals surface area contributed by atoms with E-state index in [0.29, 0.717) is 11.5 Å². The molecule has 1 heterocycles. The number of ether oxygens (including phenoxy) is 1. The maximum absolute atomic E-state index is 11.3. The van der Waals surface area contributed by atoms with E-state index < -0.39 is 23.3 Å². The smallest absolute Gasteiger partial charge is 0.303 e. The Bertz CT molecular complexity index is 483. The van der Waals surface area contributed by atoms with Gasteiger partial charge in [-0.15, -0.1) is 0 Å². The van der Waals surface area contributed by atoms with E-state index in [9.17, 15) is 13.6 Å². The van der Waals surface area contributed by atoms with Crippen molar-refractivity contribution in [3.63, 3.8) is 0 Å². The highest BCUT2D eigenvalue weighted by Crippen LogP contribution is 2.28. The van der Waals surface area contributed by atoms with Crippen molar-refractivity contribution in [3.05, 3.63) is 48.9 Å². The van der Waals surface area contributed by atoms with E-state index in [2.05, 4.69) is 13.2 Å². The summed E-state index contributed by atoms with van der Waals surface area (Å²) in [6, 6.07) is 0. The van der Waals surface area contributed by atoms with Gasteiger partial charge >= 0.3 is 5.97 Å². The van der Waals surface area contributed by atoms with Gasteiger partial charge in [-0.25, -0.2) is 0 Å². The van der Waals surface area contributed by atoms with E-state index in [-0.39, 0.29) is 19.4 Å². The Morgan fingerprint density at radius 3 is 2.65 bits per heavy atom. The molecular formula is C13H16NO5S-. The molecule has 1 aliphatic rings. The molecule has 7 heteroatoms. The van der Waals surface area contributed by atoms with Crippen LogP contribution in [0.3, 0.4) is 0 Å². The van der Waals surface area contributed by atoms with Crippen LogP contribution in [-0.4, -0.2) is 36.8 Å². The lowest BCUT2D eigenvalue weighted by Gasteiger charge is -2.38. The standard InChI is InChI=1S/C13H17NO5S/c1-3-5-11-12(6-4-2)19-10(7-8-13(15)16)9-14(11)20(17)18/h3-6,10H,1-2,7-9H2,(H,15,16)(H,17,18)/p-1/b11-5+,12-6+/t10-/m0/s1. The predicted molar refractivity (Wildman–Crippen MR) is 73.9 cm³/mol. The van der Waals surface area contributed by atoms with Crippen LogP contribution in [0.1, 0.15) is 12.8 Å². The Labute approximate surface area is 120 Å². The van der Waals surface area contributed by atoms with Gasteiger partial charge in [0.1, 0.15) is 11.9 Å². The summed E-state index contributed by atoms with van der Waals surface area (Å²) < 4.78 is 29.3. The Morgan fingerprint density at radius 2 is 2.15 bits per heavy atom. The second kappa shape index (κ2) is 7.66. The first-order chi connectivity index (χ1) is 9.49. The van der Waals surface area contributed by atoms with Crippen molar-refractivity contribution < 1.29 is 23.4 Å². The van der Waals surface area contributed by atoms with Crippen molar-refractivity contribution in [2.45, 2.75) is 18.9 Å². The SMILES string of the molecule is C=C/C=C1/O[C@@H](CCC(=O)O)CN(S(=O)[O-])/C1=C/C=C. The summed E-state index contributed by atoms with van der Waals surface area (Å²) in [4.78, 5) is 10.6. The van der Waals surface area contributed by atoms with Gasteiger partial charge in [0.15, 0.2) is 0 Å². The van der Waals surface area contributed by atoms with Crippen LogP contribution < -0.4 is 0 Å². The summed E-state index contributed by atoms with van der Waals surface area (Å²) in [7, 11) is 0. The van der Waals surface area contributed by atoms with E-state index in [4.69, 9.17) is 9.84 Å². The number of hydrogen-bond acceptors (Lipinski definition) is 4. The first kappa shape index (κ1) is 16.2. The molecule has 0 bridgehead atoms. The molecule has 0 amide bonds. The molecule has 1 unspecified atom stereocenters. The maximum atomic E-state index is 11.3. The average Bonchev–Trinajstić information content (AvgIpc) is 2.38. The summed E-state index contributed by atoms with van der Waals surface area (Å²) in [6.07, 6.45) is 5.58. The number of rotatable bonds is 6. The molecule has 2 atom stereocenters. The number of hydrogen-bond donors (Lipinski definition) is 1. The summed E-state index contributed by atoms with van der Waals surface area (Å²) in [6.45, 7) is 7.14. The van der Waals surface area contributed by atoms with Crippen molar-refractivity contribution in [1.82, 2.24) is 4.31 Å². The fraction of sp³-hybridized carbons (Fsp3) is 0.308. The molecule has 1 aliphatic heterocycles. The second-order valence-electron chi connectivity index (χ2n) is 4.00. The highest BCUT2D eigenvalue weighted by molar-refractivity contribution is 7.76. The van der Waals surface area contributed by atoms with Crippen molar-refractivity contribution in [1.29, 1.82) is 0 Å². The van der Waals surface area contributed by atoms with Crippen LogP contribution in [-0.2, 0) is 20.8 Å². The van der Waals surface area contributed by atoms with Gasteiger partial charge in [0.2, 0.25) is 0 Å². The fourth-order valence-electron chi connectivity index (χ4n) is 1.77. The van der Waals surface area contributed by atoms with Gasteiger partial charge in [-0.2, -0.15) is 0 Å². The van der Waals surface area contributed by atoms with Crippen molar-refractivity contribution in [3.8, 4) is 0 Å². The molecule has 1 fully saturated rings. The monoisotopic (exact) mass is 298 g/mol. The molecule has 0 saturated carbocycles. The van der Waals surface area contributed by atoms with Crippen LogP contribution in [0.5, 0.6) is 0 Å². The molecular weight excluding hydrogens is 282 g/mol. The average molecular weight is 298 g/mol. The van der Waals surface area contributed by atoms with Crippen molar-refractivity contribution in [2.75, 3.05) is 6.54 Å². The lowest BCUT2D eigenvalue weighted by atomic mass is 10.1. The van der Waals surface area contributed by atoms with E-state index >= 15 is 0 Å². The zero-order valence-corrected chi connectivity index (χ0v) is 11.7. The Hall–Kier alpha value is -1.86. The van der Waals surface area contributed by atoms with Gasteiger partial charge in [-0.1, -0.05) is 25.3 Å². The van der Waals surface area contributed by atoms with Crippen LogP contribution in [0.2, 0.25) is 0 Å². The number of morpholine rings is 1. The Kier molecular flexibility index (Phi) is 6.20. The molecule has 1 rings (SSSR count). The Morgan fingerprint density at radius 1 is 1.50 bits per heavy atom. The molecule has 6 nitrogen and oxygen atoms in total. The van der Waals surface area contributed by atoms with Gasteiger partial charge in [-0.05, 0) is 18.6 Å². The van der Waals surface area contributed by atoms with Gasteiger partial charge in [-0.3, -0.25) is 13.3 Å². The number of nitrogens with zero attached hydrogens (tertiary/aromatic N) is 1. The summed E-state index contributed by atoms with van der Waals surface area (Å²) in [5, 5.41) is 8.68. The van der Waals surface area contributed by atoms with Crippen LogP contribution >= 0.6 is 0 Å². The van der Waals surface area contributed by atoms with Gasteiger partial charge in [0.05, 0.1) is 12.2 Å². The third-order valence-corrected chi connectivity index (χ3v) is 3.29. The first-order valence-electron chi connectivity index (χ1n) is 5.90. The van der Waals surface area contributed by atoms with E-state index in [1.54, 1.807) is 0 Å². The van der Waals surface area contributed by atoms with Crippen LogP contribution in [0, 0.1) is 0 Å². The van der Waals surface area contributed by atoms with Gasteiger partial charge in [0, 0.05) is 17.7 Å². The summed E-state index contributed by atoms with van der Waals surface area (Å²) in [5.41, 5.74) is 0.347. The summed E-state index contributed by atoms with van der Waals surface area (Å²) in [5.74, 6) is -0.629. The van der Waals surface area contributed by atoms with E-state index in [0.717, 1.165) is 4.31 Å². The molecule has 110 valence electrons. The first-order valence-corrected chi connectivity index (χ1v) is 6.94. The third-order valence-electron chi connectivity index (χ3n) is 2.59. The zero-order chi connectivity index (χ0) is 15.1. The maximum Gasteiger partial charge on any atom is 0.303 e. The number of aliphatic carboxylic acids is 1. The third kappa shape index (κ3) is 4.36. The highest BCUT2D eigenvalue weighted by Gasteiger charge is 2.28. The topological polar surface area (TPSA) is 89.9 Å². The minimum absolute atomic E-state index is 0.0670. The van der Waals surface area contributed by atoms with Crippen molar-refractivity contribution >= 4 is 17.2 Å². The molecule has 0 spiro atoms. The van der Waals surface area contributed by atoms with E-state index in [1.165, 1.54) is 24.3 Å². The molecule has 1 saturated heterocycles. The molecule has 0 aliphatic carbocycles. The van der Waals surface area contributed by atoms with E-state index in [1.807, 2.05) is 0 Å². The number of carboxylic acids is 1. The predicted octanol–water partition coefficient (Wildman–Crippen LogP) is 1.49. The normalized spacial score (nSPS) is 24.2. The zero-order valence-electron chi connectivity index (χ0n) is 10.9. The number of carboxylic acid groups (broad SMARTS) is 1. The Balaban J connectivity index is 3.00. The molecule has 0 aromatic heterocycles. The number of carbonyl (C=O) groups is 1. The van der Waals surface area contributed by atoms with Crippen LogP contribution in [0.4, 0.5) is 0 Å². The van der Waals surface area contributed by atoms with Crippen LogP contribution in [0.15, 0.2) is 48.9 Å². The van der Waals surface area contributed by atoms with Gasteiger partial charge in [0.25, 0.3) is 0 Å². The number of allylic oxidation sites excluding steroid dienone is 4. The molecule has 0 radical (unpaired) electrons.